The summed E-state index contributed by atoms with van der Waals surface area (Å²) in [5, 5.41) is 12.2. The average molecular weight is 354 g/mol. The van der Waals surface area contributed by atoms with Gasteiger partial charge in [-0.2, -0.15) is 0 Å². The fraction of sp³-hybridized carbons (Fsp3) is 0.0435. The minimum Gasteiger partial charge on any atom is -0.344 e. The second kappa shape index (κ2) is 6.92. The van der Waals surface area contributed by atoms with E-state index in [-0.39, 0.29) is 10.6 Å². The van der Waals surface area contributed by atoms with Crippen molar-refractivity contribution in [3.63, 3.8) is 0 Å². The molecule has 0 aliphatic heterocycles. The molecule has 27 heavy (non-hydrogen) atoms. The molecule has 0 saturated heterocycles. The molecule has 1 heterocycles. The third kappa shape index (κ3) is 3.25. The summed E-state index contributed by atoms with van der Waals surface area (Å²) in [6.45, 7) is 0. The molecule has 0 saturated carbocycles. The predicted octanol–water partition coefficient (Wildman–Crippen LogP) is 5.92. The summed E-state index contributed by atoms with van der Waals surface area (Å²) in [4.78, 5) is 11.2. The lowest BCUT2D eigenvalue weighted by Gasteiger charge is -2.08. The standard InChI is InChI=1S/C23H18N2O2/c1-24-16-22(25(26)27)21-15-18(13-12-17-8-4-2-5-9-17)14-20(23(21)24)19-10-6-3-7-11-19/h2-16H,1H3/b13-12+. The van der Waals surface area contributed by atoms with Gasteiger partial charge in [-0.15, -0.1) is 0 Å². The number of hydrogen-bond acceptors (Lipinski definition) is 2. The van der Waals surface area contributed by atoms with Crippen molar-refractivity contribution in [1.29, 1.82) is 0 Å². The second-order valence-corrected chi connectivity index (χ2v) is 6.46. The number of hydrogen-bond donors (Lipinski definition) is 0. The lowest BCUT2D eigenvalue weighted by molar-refractivity contribution is -0.383. The van der Waals surface area contributed by atoms with E-state index in [1.807, 2.05) is 90.5 Å². The molecule has 0 aliphatic rings. The van der Waals surface area contributed by atoms with E-state index in [1.54, 1.807) is 6.20 Å². The zero-order valence-corrected chi connectivity index (χ0v) is 14.9. The largest absolute Gasteiger partial charge is 0.344 e. The molecule has 4 heteroatoms. The number of aromatic nitrogens is 1. The van der Waals surface area contributed by atoms with Gasteiger partial charge in [0.1, 0.15) is 0 Å². The van der Waals surface area contributed by atoms with Crippen molar-refractivity contribution in [1.82, 2.24) is 4.57 Å². The van der Waals surface area contributed by atoms with Gasteiger partial charge in [0.2, 0.25) is 0 Å². The molecule has 0 atom stereocenters. The van der Waals surface area contributed by atoms with Crippen molar-refractivity contribution >= 4 is 28.7 Å². The van der Waals surface area contributed by atoms with E-state index < -0.39 is 0 Å². The SMILES string of the molecule is Cn1cc([N+](=O)[O-])c2cc(/C=C/c3ccccc3)cc(-c3ccccc3)c21. The monoisotopic (exact) mass is 354 g/mol. The lowest BCUT2D eigenvalue weighted by atomic mass is 9.99. The Balaban J connectivity index is 1.94. The van der Waals surface area contributed by atoms with Gasteiger partial charge in [0.05, 0.1) is 22.0 Å². The molecule has 4 aromatic rings. The first-order valence-corrected chi connectivity index (χ1v) is 8.69. The summed E-state index contributed by atoms with van der Waals surface area (Å²) in [7, 11) is 1.85. The first-order chi connectivity index (χ1) is 13.1. The number of rotatable bonds is 4. The Morgan fingerprint density at radius 3 is 2.19 bits per heavy atom. The molecular formula is C23H18N2O2. The molecule has 4 rings (SSSR count). The fourth-order valence-corrected chi connectivity index (χ4v) is 3.39. The zero-order chi connectivity index (χ0) is 18.8. The van der Waals surface area contributed by atoms with E-state index in [0.717, 1.165) is 27.8 Å². The Bertz CT molecular complexity index is 1140. The van der Waals surface area contributed by atoms with Gasteiger partial charge in [0.25, 0.3) is 5.69 Å². The number of aryl methyl sites for hydroxylation is 1. The maximum absolute atomic E-state index is 11.5. The third-order valence-corrected chi connectivity index (χ3v) is 4.63. The summed E-state index contributed by atoms with van der Waals surface area (Å²) in [5.41, 5.74) is 5.02. The Hall–Kier alpha value is -3.66. The highest BCUT2D eigenvalue weighted by Gasteiger charge is 2.20. The number of benzene rings is 3. The summed E-state index contributed by atoms with van der Waals surface area (Å²) >= 11 is 0. The molecule has 4 nitrogen and oxygen atoms in total. The Morgan fingerprint density at radius 2 is 1.52 bits per heavy atom. The first kappa shape index (κ1) is 16.8. The smallest absolute Gasteiger partial charge is 0.294 e. The van der Waals surface area contributed by atoms with Crippen LogP contribution >= 0.6 is 0 Å². The number of nitro groups is 1. The van der Waals surface area contributed by atoms with Crippen LogP contribution in [0.4, 0.5) is 5.69 Å². The quantitative estimate of drug-likeness (QED) is 0.259. The Labute approximate surface area is 157 Å². The van der Waals surface area contributed by atoms with Crippen LogP contribution in [-0.4, -0.2) is 9.49 Å². The molecule has 0 unspecified atom stereocenters. The van der Waals surface area contributed by atoms with Crippen LogP contribution in [0.15, 0.2) is 79.0 Å². The molecule has 3 aromatic carbocycles. The zero-order valence-electron chi connectivity index (χ0n) is 14.9. The normalized spacial score (nSPS) is 11.3. The van der Waals surface area contributed by atoms with Crippen LogP contribution in [-0.2, 0) is 7.05 Å². The molecule has 132 valence electrons. The lowest BCUT2D eigenvalue weighted by Crippen LogP contribution is -1.89. The molecule has 0 amide bonds. The van der Waals surface area contributed by atoms with E-state index in [1.165, 1.54) is 0 Å². The van der Waals surface area contributed by atoms with Crippen molar-refractivity contribution in [2.75, 3.05) is 0 Å². The van der Waals surface area contributed by atoms with Crippen molar-refractivity contribution in [3.8, 4) is 11.1 Å². The molecule has 0 spiro atoms. The molecule has 1 aromatic heterocycles. The number of nitrogens with zero attached hydrogens (tertiary/aromatic N) is 2. The first-order valence-electron chi connectivity index (χ1n) is 8.69. The van der Waals surface area contributed by atoms with Gasteiger partial charge in [0.15, 0.2) is 0 Å². The minimum absolute atomic E-state index is 0.125. The number of fused-ring (bicyclic) bond motifs is 1. The highest BCUT2D eigenvalue weighted by Crippen LogP contribution is 2.36. The topological polar surface area (TPSA) is 48.1 Å². The van der Waals surface area contributed by atoms with E-state index >= 15 is 0 Å². The van der Waals surface area contributed by atoms with Gasteiger partial charge < -0.3 is 4.57 Å². The maximum atomic E-state index is 11.5. The maximum Gasteiger partial charge on any atom is 0.294 e. The highest BCUT2D eigenvalue weighted by atomic mass is 16.6. The van der Waals surface area contributed by atoms with Crippen molar-refractivity contribution in [2.45, 2.75) is 0 Å². The highest BCUT2D eigenvalue weighted by molar-refractivity contribution is 6.02. The van der Waals surface area contributed by atoms with Gasteiger partial charge in [-0.05, 0) is 28.8 Å². The molecule has 0 fully saturated rings. The summed E-state index contributed by atoms with van der Waals surface area (Å²) in [5.74, 6) is 0. The van der Waals surface area contributed by atoms with Gasteiger partial charge in [-0.1, -0.05) is 72.8 Å². The fourth-order valence-electron chi connectivity index (χ4n) is 3.39. The van der Waals surface area contributed by atoms with E-state index in [0.29, 0.717) is 5.39 Å². The molecular weight excluding hydrogens is 336 g/mol. The van der Waals surface area contributed by atoms with Crippen LogP contribution in [0.25, 0.3) is 34.2 Å². The van der Waals surface area contributed by atoms with Crippen LogP contribution in [0.2, 0.25) is 0 Å². The average Bonchev–Trinajstić information content (AvgIpc) is 3.04. The Morgan fingerprint density at radius 1 is 0.889 bits per heavy atom. The Kier molecular flexibility index (Phi) is 4.30. The van der Waals surface area contributed by atoms with Crippen molar-refractivity contribution in [3.05, 3.63) is 100 Å². The van der Waals surface area contributed by atoms with Gasteiger partial charge in [0, 0.05) is 12.6 Å². The van der Waals surface area contributed by atoms with Gasteiger partial charge in [-0.25, -0.2) is 0 Å². The van der Waals surface area contributed by atoms with E-state index in [2.05, 4.69) is 6.07 Å². The van der Waals surface area contributed by atoms with Crippen molar-refractivity contribution in [2.24, 2.45) is 7.05 Å². The van der Waals surface area contributed by atoms with Gasteiger partial charge >= 0.3 is 0 Å². The van der Waals surface area contributed by atoms with Crippen LogP contribution in [0.1, 0.15) is 11.1 Å². The predicted molar refractivity (Wildman–Crippen MR) is 110 cm³/mol. The summed E-state index contributed by atoms with van der Waals surface area (Å²) in [6, 6.07) is 23.9. The summed E-state index contributed by atoms with van der Waals surface area (Å²) in [6.07, 6.45) is 5.60. The molecule has 0 bridgehead atoms. The van der Waals surface area contributed by atoms with E-state index in [4.69, 9.17) is 0 Å². The third-order valence-electron chi connectivity index (χ3n) is 4.63. The van der Waals surface area contributed by atoms with Crippen LogP contribution in [0, 0.1) is 10.1 Å². The second-order valence-electron chi connectivity index (χ2n) is 6.46. The summed E-state index contributed by atoms with van der Waals surface area (Å²) < 4.78 is 1.83. The van der Waals surface area contributed by atoms with E-state index in [9.17, 15) is 10.1 Å². The van der Waals surface area contributed by atoms with Gasteiger partial charge in [-0.3, -0.25) is 10.1 Å². The molecule has 0 radical (unpaired) electrons. The van der Waals surface area contributed by atoms with Crippen LogP contribution in [0.3, 0.4) is 0 Å². The minimum atomic E-state index is -0.318. The molecule has 0 N–H and O–H groups in total. The molecule has 0 aliphatic carbocycles. The van der Waals surface area contributed by atoms with Crippen LogP contribution in [0.5, 0.6) is 0 Å². The van der Waals surface area contributed by atoms with Crippen LogP contribution < -0.4 is 0 Å². The van der Waals surface area contributed by atoms with Crippen molar-refractivity contribution < 1.29 is 4.92 Å².